The number of nitro groups is 1. The number of hydrogen-bond acceptors (Lipinski definition) is 3. The van der Waals surface area contributed by atoms with Crippen LogP contribution < -0.4 is 0 Å². The average Bonchev–Trinajstić information content (AvgIpc) is 2.15. The highest BCUT2D eigenvalue weighted by Crippen LogP contribution is 2.31. The van der Waals surface area contributed by atoms with E-state index in [-0.39, 0.29) is 11.3 Å². The number of carbonyl (C=O) groups is 1. The van der Waals surface area contributed by atoms with Crippen molar-refractivity contribution in [3.05, 3.63) is 39.4 Å². The highest BCUT2D eigenvalue weighted by atomic mass is 16.6. The monoisotopic (exact) mass is 223 g/mol. The number of hydrogen-bond donors (Lipinski definition) is 1. The molecule has 0 spiro atoms. The summed E-state index contributed by atoms with van der Waals surface area (Å²) < 4.78 is 0. The van der Waals surface area contributed by atoms with Crippen LogP contribution in [0.5, 0.6) is 0 Å². The van der Waals surface area contributed by atoms with Crippen molar-refractivity contribution in [3.63, 3.8) is 0 Å². The van der Waals surface area contributed by atoms with Crippen LogP contribution in [0, 0.1) is 10.1 Å². The second kappa shape index (κ2) is 3.92. The van der Waals surface area contributed by atoms with E-state index in [4.69, 9.17) is 5.11 Å². The third-order valence-electron chi connectivity index (χ3n) is 2.25. The number of carboxylic acid groups (broad SMARTS) is 1. The van der Waals surface area contributed by atoms with Gasteiger partial charge >= 0.3 is 5.97 Å². The van der Waals surface area contributed by atoms with Crippen LogP contribution in [0.15, 0.2) is 18.2 Å². The maximum atomic E-state index is 10.8. The molecule has 0 atom stereocenters. The van der Waals surface area contributed by atoms with Gasteiger partial charge in [-0.2, -0.15) is 0 Å². The van der Waals surface area contributed by atoms with Crippen LogP contribution in [0.3, 0.4) is 0 Å². The zero-order valence-electron chi connectivity index (χ0n) is 9.35. The van der Waals surface area contributed by atoms with Crippen LogP contribution in [0.1, 0.15) is 36.7 Å². The van der Waals surface area contributed by atoms with Gasteiger partial charge in [0, 0.05) is 11.6 Å². The maximum absolute atomic E-state index is 10.8. The van der Waals surface area contributed by atoms with E-state index in [1.165, 1.54) is 18.2 Å². The highest BCUT2D eigenvalue weighted by molar-refractivity contribution is 5.88. The third kappa shape index (κ3) is 2.36. The summed E-state index contributed by atoms with van der Waals surface area (Å²) in [6, 6.07) is 3.85. The number of carboxylic acids is 1. The molecule has 0 unspecified atom stereocenters. The van der Waals surface area contributed by atoms with E-state index in [0.717, 1.165) is 0 Å². The first-order chi connectivity index (χ1) is 7.23. The lowest BCUT2D eigenvalue weighted by Gasteiger charge is -2.19. The molecule has 16 heavy (non-hydrogen) atoms. The van der Waals surface area contributed by atoms with Gasteiger partial charge in [-0.15, -0.1) is 0 Å². The van der Waals surface area contributed by atoms with Gasteiger partial charge in [-0.05, 0) is 17.5 Å². The highest BCUT2D eigenvalue weighted by Gasteiger charge is 2.25. The van der Waals surface area contributed by atoms with Crippen molar-refractivity contribution in [2.24, 2.45) is 0 Å². The summed E-state index contributed by atoms with van der Waals surface area (Å²) in [5, 5.41) is 19.6. The van der Waals surface area contributed by atoms with Crippen LogP contribution in [0.2, 0.25) is 0 Å². The van der Waals surface area contributed by atoms with E-state index < -0.39 is 16.3 Å². The Kier molecular flexibility index (Phi) is 2.98. The van der Waals surface area contributed by atoms with E-state index in [0.29, 0.717) is 5.56 Å². The van der Waals surface area contributed by atoms with Gasteiger partial charge in [0.25, 0.3) is 5.69 Å². The van der Waals surface area contributed by atoms with E-state index in [2.05, 4.69) is 0 Å². The summed E-state index contributed by atoms with van der Waals surface area (Å²) >= 11 is 0. The standard InChI is InChI=1S/C11H13NO4/c1-11(2,3)8-6-7(10(13)14)4-5-9(8)12(15)16/h4-6H,1-3H3,(H,13,14). The normalized spacial score (nSPS) is 11.2. The van der Waals surface area contributed by atoms with Crippen LogP contribution in [-0.4, -0.2) is 16.0 Å². The third-order valence-corrected chi connectivity index (χ3v) is 2.25. The van der Waals surface area contributed by atoms with Crippen molar-refractivity contribution in [2.45, 2.75) is 26.2 Å². The molecule has 0 radical (unpaired) electrons. The van der Waals surface area contributed by atoms with Crippen molar-refractivity contribution in [2.75, 3.05) is 0 Å². The zero-order chi connectivity index (χ0) is 12.5. The van der Waals surface area contributed by atoms with Crippen molar-refractivity contribution < 1.29 is 14.8 Å². The lowest BCUT2D eigenvalue weighted by molar-refractivity contribution is -0.386. The predicted octanol–water partition coefficient (Wildman–Crippen LogP) is 2.59. The number of benzene rings is 1. The minimum absolute atomic E-state index is 0.0440. The van der Waals surface area contributed by atoms with Gasteiger partial charge in [0.1, 0.15) is 0 Å². The molecule has 1 N–H and O–H groups in total. The van der Waals surface area contributed by atoms with Crippen LogP contribution in [0.25, 0.3) is 0 Å². The summed E-state index contributed by atoms with van der Waals surface area (Å²) in [4.78, 5) is 21.1. The Morgan fingerprint density at radius 2 is 1.94 bits per heavy atom. The molecule has 86 valence electrons. The largest absolute Gasteiger partial charge is 0.478 e. The predicted molar refractivity (Wildman–Crippen MR) is 58.8 cm³/mol. The fourth-order valence-electron chi connectivity index (χ4n) is 1.43. The molecule has 0 aromatic heterocycles. The molecule has 5 nitrogen and oxygen atoms in total. The van der Waals surface area contributed by atoms with Crippen molar-refractivity contribution in [3.8, 4) is 0 Å². The Morgan fingerprint density at radius 3 is 2.31 bits per heavy atom. The molecule has 0 fully saturated rings. The zero-order valence-corrected chi connectivity index (χ0v) is 9.35. The lowest BCUT2D eigenvalue weighted by atomic mass is 9.85. The van der Waals surface area contributed by atoms with Crippen molar-refractivity contribution in [1.29, 1.82) is 0 Å². The lowest BCUT2D eigenvalue weighted by Crippen LogP contribution is -2.15. The SMILES string of the molecule is CC(C)(C)c1cc(C(=O)O)ccc1[N+](=O)[O-]. The minimum atomic E-state index is -1.08. The number of nitro benzene ring substituents is 1. The maximum Gasteiger partial charge on any atom is 0.335 e. The van der Waals surface area contributed by atoms with Gasteiger partial charge in [0.05, 0.1) is 10.5 Å². The Balaban J connectivity index is 3.45. The van der Waals surface area contributed by atoms with E-state index in [1.54, 1.807) is 20.8 Å². The fourth-order valence-corrected chi connectivity index (χ4v) is 1.43. The Labute approximate surface area is 92.9 Å². The summed E-state index contributed by atoms with van der Waals surface area (Å²) in [5.41, 5.74) is -0.0150. The molecule has 0 heterocycles. The van der Waals surface area contributed by atoms with Crippen molar-refractivity contribution in [1.82, 2.24) is 0 Å². The Hall–Kier alpha value is -1.91. The van der Waals surface area contributed by atoms with Crippen LogP contribution >= 0.6 is 0 Å². The Morgan fingerprint density at radius 1 is 1.38 bits per heavy atom. The number of nitrogens with zero attached hydrogens (tertiary/aromatic N) is 1. The molecule has 0 aliphatic carbocycles. The molecule has 1 rings (SSSR count). The smallest absolute Gasteiger partial charge is 0.335 e. The number of rotatable bonds is 2. The number of aromatic carboxylic acids is 1. The minimum Gasteiger partial charge on any atom is -0.478 e. The summed E-state index contributed by atoms with van der Waals surface area (Å²) in [6.07, 6.45) is 0. The van der Waals surface area contributed by atoms with E-state index in [1.807, 2.05) is 0 Å². The second-order valence-corrected chi connectivity index (χ2v) is 4.54. The summed E-state index contributed by atoms with van der Waals surface area (Å²) in [6.45, 7) is 5.42. The van der Waals surface area contributed by atoms with Gasteiger partial charge in [-0.3, -0.25) is 10.1 Å². The van der Waals surface area contributed by atoms with Gasteiger partial charge in [-0.1, -0.05) is 20.8 Å². The molecule has 1 aromatic carbocycles. The molecule has 0 amide bonds. The molecule has 0 aliphatic rings. The summed E-state index contributed by atoms with van der Waals surface area (Å²) in [7, 11) is 0. The van der Waals surface area contributed by atoms with E-state index in [9.17, 15) is 14.9 Å². The van der Waals surface area contributed by atoms with Gasteiger partial charge in [-0.25, -0.2) is 4.79 Å². The molecule has 0 saturated carbocycles. The van der Waals surface area contributed by atoms with Gasteiger partial charge in [0.2, 0.25) is 0 Å². The molecule has 1 aromatic rings. The first kappa shape index (κ1) is 12.2. The molecule has 0 bridgehead atoms. The fraction of sp³-hybridized carbons (Fsp3) is 0.364. The van der Waals surface area contributed by atoms with Gasteiger partial charge in [0.15, 0.2) is 0 Å². The molecule has 5 heteroatoms. The van der Waals surface area contributed by atoms with Gasteiger partial charge < -0.3 is 5.11 Å². The van der Waals surface area contributed by atoms with E-state index >= 15 is 0 Å². The van der Waals surface area contributed by atoms with Crippen LogP contribution in [-0.2, 0) is 5.41 Å². The van der Waals surface area contributed by atoms with Crippen LogP contribution in [0.4, 0.5) is 5.69 Å². The van der Waals surface area contributed by atoms with Crippen molar-refractivity contribution >= 4 is 11.7 Å². The summed E-state index contributed by atoms with van der Waals surface area (Å²) in [5.74, 6) is -1.08. The molecule has 0 saturated heterocycles. The second-order valence-electron chi connectivity index (χ2n) is 4.54. The average molecular weight is 223 g/mol. The molecular weight excluding hydrogens is 210 g/mol. The molecular formula is C11H13NO4. The topological polar surface area (TPSA) is 80.4 Å². The Bertz CT molecular complexity index is 446. The first-order valence-corrected chi connectivity index (χ1v) is 4.75. The quantitative estimate of drug-likeness (QED) is 0.617. The molecule has 0 aliphatic heterocycles. The first-order valence-electron chi connectivity index (χ1n) is 4.75.